The van der Waals surface area contributed by atoms with Crippen LogP contribution in [0.2, 0.25) is 0 Å². The number of thioether (sulfide) groups is 1. The Bertz CT molecular complexity index is 242. The van der Waals surface area contributed by atoms with E-state index in [-0.39, 0.29) is 0 Å². The van der Waals surface area contributed by atoms with Crippen molar-refractivity contribution in [2.24, 2.45) is 16.8 Å². The summed E-state index contributed by atoms with van der Waals surface area (Å²) in [4.78, 5) is 4.52. The molecular formula is C13H26N2OS. The molecule has 17 heavy (non-hydrogen) atoms. The SMILES string of the molecule is CC(C)CCOCCN=C1NC(C(C)C)CS1. The maximum Gasteiger partial charge on any atom is 0.156 e. The van der Waals surface area contributed by atoms with Crippen molar-refractivity contribution in [2.45, 2.75) is 40.2 Å². The van der Waals surface area contributed by atoms with E-state index in [1.54, 1.807) is 0 Å². The van der Waals surface area contributed by atoms with Crippen LogP contribution in [0.4, 0.5) is 0 Å². The highest BCUT2D eigenvalue weighted by Crippen LogP contribution is 2.18. The molecule has 0 aromatic heterocycles. The highest BCUT2D eigenvalue weighted by molar-refractivity contribution is 8.14. The highest BCUT2D eigenvalue weighted by Gasteiger charge is 2.22. The molecule has 1 aliphatic heterocycles. The van der Waals surface area contributed by atoms with Gasteiger partial charge in [-0.05, 0) is 18.3 Å². The first kappa shape index (κ1) is 14.8. The lowest BCUT2D eigenvalue weighted by Crippen LogP contribution is -2.31. The third-order valence-corrected chi connectivity index (χ3v) is 3.89. The number of ether oxygens (including phenoxy) is 1. The molecule has 1 saturated heterocycles. The fourth-order valence-electron chi connectivity index (χ4n) is 1.49. The Morgan fingerprint density at radius 1 is 1.35 bits per heavy atom. The zero-order valence-electron chi connectivity index (χ0n) is 11.5. The predicted molar refractivity (Wildman–Crippen MR) is 76.8 cm³/mol. The first-order valence-corrected chi connectivity index (χ1v) is 7.59. The van der Waals surface area contributed by atoms with Crippen LogP contribution in [0.15, 0.2) is 4.99 Å². The Morgan fingerprint density at radius 3 is 2.71 bits per heavy atom. The minimum Gasteiger partial charge on any atom is -0.380 e. The summed E-state index contributed by atoms with van der Waals surface area (Å²) in [5.74, 6) is 2.54. The summed E-state index contributed by atoms with van der Waals surface area (Å²) >= 11 is 1.83. The Morgan fingerprint density at radius 2 is 2.12 bits per heavy atom. The van der Waals surface area contributed by atoms with E-state index in [1.165, 1.54) is 0 Å². The largest absolute Gasteiger partial charge is 0.380 e. The van der Waals surface area contributed by atoms with E-state index in [0.29, 0.717) is 12.0 Å². The van der Waals surface area contributed by atoms with Gasteiger partial charge in [-0.25, -0.2) is 0 Å². The van der Waals surface area contributed by atoms with E-state index in [9.17, 15) is 0 Å². The van der Waals surface area contributed by atoms with Crippen molar-refractivity contribution in [3.63, 3.8) is 0 Å². The lowest BCUT2D eigenvalue weighted by Gasteiger charge is -2.13. The monoisotopic (exact) mass is 258 g/mol. The molecule has 0 radical (unpaired) electrons. The van der Waals surface area contributed by atoms with Crippen molar-refractivity contribution in [2.75, 3.05) is 25.5 Å². The number of nitrogens with one attached hydrogen (secondary N) is 1. The number of rotatable bonds is 7. The summed E-state index contributed by atoms with van der Waals surface area (Å²) in [5.41, 5.74) is 0. The molecule has 1 heterocycles. The minimum absolute atomic E-state index is 0.584. The number of nitrogens with zero attached hydrogens (tertiary/aromatic N) is 1. The molecule has 0 amide bonds. The van der Waals surface area contributed by atoms with Gasteiger partial charge in [-0.3, -0.25) is 4.99 Å². The molecule has 1 fully saturated rings. The number of amidine groups is 1. The molecule has 0 bridgehead atoms. The van der Waals surface area contributed by atoms with Gasteiger partial charge in [0.05, 0.1) is 13.2 Å². The van der Waals surface area contributed by atoms with Crippen LogP contribution in [0.5, 0.6) is 0 Å². The van der Waals surface area contributed by atoms with E-state index in [0.717, 1.165) is 43.0 Å². The van der Waals surface area contributed by atoms with Crippen molar-refractivity contribution in [1.82, 2.24) is 5.32 Å². The average Bonchev–Trinajstić information content (AvgIpc) is 2.71. The fraction of sp³-hybridized carbons (Fsp3) is 0.923. The van der Waals surface area contributed by atoms with Crippen LogP contribution < -0.4 is 5.32 Å². The van der Waals surface area contributed by atoms with Crippen LogP contribution in [0.25, 0.3) is 0 Å². The summed E-state index contributed by atoms with van der Waals surface area (Å²) in [6.07, 6.45) is 1.14. The van der Waals surface area contributed by atoms with Gasteiger partial charge in [-0.15, -0.1) is 0 Å². The van der Waals surface area contributed by atoms with E-state index < -0.39 is 0 Å². The molecule has 4 heteroatoms. The Labute approximate surface area is 110 Å². The molecule has 0 spiro atoms. The maximum atomic E-state index is 5.53. The molecule has 0 aliphatic carbocycles. The molecule has 1 atom stereocenters. The summed E-state index contributed by atoms with van der Waals surface area (Å²) < 4.78 is 5.53. The van der Waals surface area contributed by atoms with Crippen LogP contribution in [0.3, 0.4) is 0 Å². The van der Waals surface area contributed by atoms with Crippen LogP contribution in [-0.4, -0.2) is 36.7 Å². The fourth-order valence-corrected chi connectivity index (χ4v) is 2.72. The highest BCUT2D eigenvalue weighted by atomic mass is 32.2. The van der Waals surface area contributed by atoms with Gasteiger partial charge in [0.2, 0.25) is 0 Å². The molecule has 1 N–H and O–H groups in total. The van der Waals surface area contributed by atoms with Gasteiger partial charge in [0.1, 0.15) is 0 Å². The maximum absolute atomic E-state index is 5.53. The second kappa shape index (κ2) is 7.98. The van der Waals surface area contributed by atoms with Crippen LogP contribution in [0.1, 0.15) is 34.1 Å². The summed E-state index contributed by atoms with van der Waals surface area (Å²) in [7, 11) is 0. The zero-order chi connectivity index (χ0) is 12.7. The molecule has 0 aromatic carbocycles. The summed E-state index contributed by atoms with van der Waals surface area (Å²) in [6.45, 7) is 11.3. The molecule has 100 valence electrons. The van der Waals surface area contributed by atoms with Crippen molar-refractivity contribution in [3.05, 3.63) is 0 Å². The lowest BCUT2D eigenvalue weighted by atomic mass is 10.1. The van der Waals surface area contributed by atoms with Crippen LogP contribution in [-0.2, 0) is 4.74 Å². The van der Waals surface area contributed by atoms with Crippen molar-refractivity contribution < 1.29 is 4.74 Å². The normalized spacial score (nSPS) is 22.7. The topological polar surface area (TPSA) is 33.6 Å². The smallest absolute Gasteiger partial charge is 0.156 e. The average molecular weight is 258 g/mol. The molecule has 1 aliphatic rings. The molecule has 3 nitrogen and oxygen atoms in total. The van der Waals surface area contributed by atoms with E-state index >= 15 is 0 Å². The molecule has 1 unspecified atom stereocenters. The Balaban J connectivity index is 2.06. The van der Waals surface area contributed by atoms with E-state index in [4.69, 9.17) is 4.74 Å². The van der Waals surface area contributed by atoms with Gasteiger partial charge in [-0.1, -0.05) is 39.5 Å². The van der Waals surface area contributed by atoms with Gasteiger partial charge in [0, 0.05) is 18.4 Å². The van der Waals surface area contributed by atoms with Gasteiger partial charge >= 0.3 is 0 Å². The first-order chi connectivity index (χ1) is 8.09. The second-order valence-corrected chi connectivity index (χ2v) is 6.30. The van der Waals surface area contributed by atoms with Crippen molar-refractivity contribution in [3.8, 4) is 0 Å². The Kier molecular flexibility index (Phi) is 6.97. The molecular weight excluding hydrogens is 232 g/mol. The standard InChI is InChI=1S/C13H26N2OS/c1-10(2)5-7-16-8-6-14-13-15-12(9-17-13)11(3)4/h10-12H,5-9H2,1-4H3,(H,14,15). The first-order valence-electron chi connectivity index (χ1n) is 6.61. The van der Waals surface area contributed by atoms with E-state index in [2.05, 4.69) is 38.0 Å². The van der Waals surface area contributed by atoms with Gasteiger partial charge in [0.15, 0.2) is 5.17 Å². The predicted octanol–water partition coefficient (Wildman–Crippen LogP) is 2.77. The number of aliphatic imine (C=N–C) groups is 1. The van der Waals surface area contributed by atoms with E-state index in [1.807, 2.05) is 11.8 Å². The van der Waals surface area contributed by atoms with Crippen LogP contribution in [0, 0.1) is 11.8 Å². The molecule has 1 rings (SSSR count). The number of hydrogen-bond donors (Lipinski definition) is 1. The minimum atomic E-state index is 0.584. The summed E-state index contributed by atoms with van der Waals surface area (Å²) in [5, 5.41) is 4.55. The van der Waals surface area contributed by atoms with Crippen LogP contribution >= 0.6 is 11.8 Å². The quantitative estimate of drug-likeness (QED) is 0.713. The van der Waals surface area contributed by atoms with Gasteiger partial charge < -0.3 is 10.1 Å². The zero-order valence-corrected chi connectivity index (χ0v) is 12.3. The molecule has 0 aromatic rings. The second-order valence-electron chi connectivity index (χ2n) is 5.29. The third kappa shape index (κ3) is 6.32. The van der Waals surface area contributed by atoms with Crippen molar-refractivity contribution >= 4 is 16.9 Å². The Hall–Kier alpha value is -0.220. The molecule has 0 saturated carbocycles. The summed E-state index contributed by atoms with van der Waals surface area (Å²) in [6, 6.07) is 0.584. The van der Waals surface area contributed by atoms with Gasteiger partial charge in [0.25, 0.3) is 0 Å². The van der Waals surface area contributed by atoms with Crippen molar-refractivity contribution in [1.29, 1.82) is 0 Å². The van der Waals surface area contributed by atoms with Gasteiger partial charge in [-0.2, -0.15) is 0 Å². The number of hydrogen-bond acceptors (Lipinski definition) is 3. The third-order valence-electron chi connectivity index (χ3n) is 2.84. The lowest BCUT2D eigenvalue weighted by molar-refractivity contribution is 0.131.